The number of nitriles is 2. The molecule has 21 heavy (non-hydrogen) atoms. The maximum atomic E-state index is 11.7. The van der Waals surface area contributed by atoms with Crippen molar-refractivity contribution in [2.45, 2.75) is 0 Å². The third kappa shape index (κ3) is 4.09. The van der Waals surface area contributed by atoms with Crippen molar-refractivity contribution in [2.24, 2.45) is 0 Å². The Morgan fingerprint density at radius 1 is 1.05 bits per heavy atom. The lowest BCUT2D eigenvalue weighted by Crippen LogP contribution is -2.20. The molecule has 0 aliphatic carbocycles. The number of amides is 1. The number of hydrogen-bond donors (Lipinski definition) is 1. The van der Waals surface area contributed by atoms with Crippen molar-refractivity contribution in [3.8, 4) is 17.9 Å². The Labute approximate surface area is 122 Å². The zero-order valence-corrected chi connectivity index (χ0v) is 11.0. The zero-order valence-electron chi connectivity index (χ0n) is 11.0. The molecule has 0 aliphatic rings. The van der Waals surface area contributed by atoms with Crippen molar-refractivity contribution in [3.05, 3.63) is 59.7 Å². The molecule has 2 aromatic rings. The number of nitrogens with zero attached hydrogens (tertiary/aromatic N) is 2. The Bertz CT molecular complexity index is 724. The van der Waals surface area contributed by atoms with Crippen LogP contribution in [0.4, 0.5) is 5.69 Å². The van der Waals surface area contributed by atoms with Gasteiger partial charge < -0.3 is 10.1 Å². The van der Waals surface area contributed by atoms with Crippen LogP contribution >= 0.6 is 0 Å². The predicted molar refractivity (Wildman–Crippen MR) is 76.4 cm³/mol. The first kappa shape index (κ1) is 14.1. The minimum atomic E-state index is -0.325. The van der Waals surface area contributed by atoms with Crippen LogP contribution in [-0.4, -0.2) is 12.5 Å². The van der Waals surface area contributed by atoms with Crippen LogP contribution < -0.4 is 10.1 Å². The maximum Gasteiger partial charge on any atom is 0.262 e. The monoisotopic (exact) mass is 277 g/mol. The van der Waals surface area contributed by atoms with Crippen LogP contribution in [0.1, 0.15) is 11.1 Å². The lowest BCUT2D eigenvalue weighted by molar-refractivity contribution is -0.118. The summed E-state index contributed by atoms with van der Waals surface area (Å²) in [6, 6.07) is 17.1. The van der Waals surface area contributed by atoms with Crippen LogP contribution in [0, 0.1) is 22.7 Å². The van der Waals surface area contributed by atoms with E-state index in [1.165, 1.54) is 0 Å². The number of carbonyl (C=O) groups is 1. The summed E-state index contributed by atoms with van der Waals surface area (Å²) < 4.78 is 5.31. The number of nitrogens with one attached hydrogen (secondary N) is 1. The molecule has 0 aliphatic heterocycles. The molecule has 0 bridgehead atoms. The minimum absolute atomic E-state index is 0.150. The normalized spacial score (nSPS) is 9.24. The van der Waals surface area contributed by atoms with E-state index >= 15 is 0 Å². The van der Waals surface area contributed by atoms with Gasteiger partial charge in [0.25, 0.3) is 5.91 Å². The Morgan fingerprint density at radius 3 is 2.43 bits per heavy atom. The van der Waals surface area contributed by atoms with Gasteiger partial charge in [0.2, 0.25) is 0 Å². The van der Waals surface area contributed by atoms with Gasteiger partial charge in [0.1, 0.15) is 5.75 Å². The average Bonchev–Trinajstić information content (AvgIpc) is 2.53. The van der Waals surface area contributed by atoms with E-state index in [9.17, 15) is 4.79 Å². The van der Waals surface area contributed by atoms with Crippen LogP contribution in [0.3, 0.4) is 0 Å². The van der Waals surface area contributed by atoms with E-state index in [0.717, 1.165) is 0 Å². The van der Waals surface area contributed by atoms with Crippen molar-refractivity contribution in [1.82, 2.24) is 0 Å². The molecule has 2 rings (SSSR count). The molecule has 0 heterocycles. The molecule has 102 valence electrons. The molecule has 0 aromatic heterocycles. The molecular formula is C16H11N3O2. The summed E-state index contributed by atoms with van der Waals surface area (Å²) in [5, 5.41) is 20.1. The highest BCUT2D eigenvalue weighted by atomic mass is 16.5. The zero-order chi connectivity index (χ0) is 15.1. The van der Waals surface area contributed by atoms with E-state index in [2.05, 4.69) is 5.32 Å². The van der Waals surface area contributed by atoms with Gasteiger partial charge in [0.05, 0.1) is 23.3 Å². The molecule has 0 fully saturated rings. The number of ether oxygens (including phenoxy) is 1. The van der Waals surface area contributed by atoms with Crippen molar-refractivity contribution in [3.63, 3.8) is 0 Å². The van der Waals surface area contributed by atoms with E-state index in [-0.39, 0.29) is 12.5 Å². The van der Waals surface area contributed by atoms with Crippen LogP contribution in [0.2, 0.25) is 0 Å². The topological polar surface area (TPSA) is 85.9 Å². The average molecular weight is 277 g/mol. The fourth-order valence-corrected chi connectivity index (χ4v) is 1.64. The highest BCUT2D eigenvalue weighted by molar-refractivity contribution is 5.92. The largest absolute Gasteiger partial charge is 0.484 e. The van der Waals surface area contributed by atoms with Crippen LogP contribution in [0.25, 0.3) is 0 Å². The molecule has 1 amide bonds. The van der Waals surface area contributed by atoms with Gasteiger partial charge in [0, 0.05) is 5.69 Å². The van der Waals surface area contributed by atoms with E-state index in [1.807, 2.05) is 12.1 Å². The van der Waals surface area contributed by atoms with Gasteiger partial charge in [-0.25, -0.2) is 0 Å². The van der Waals surface area contributed by atoms with E-state index < -0.39 is 0 Å². The molecular weight excluding hydrogens is 266 g/mol. The SMILES string of the molecule is N#Cc1ccc(OCC(=O)Nc2cccc(C#N)c2)cc1. The molecule has 2 aromatic carbocycles. The van der Waals surface area contributed by atoms with Gasteiger partial charge in [-0.2, -0.15) is 10.5 Å². The summed E-state index contributed by atoms with van der Waals surface area (Å²) >= 11 is 0. The molecule has 5 nitrogen and oxygen atoms in total. The lowest BCUT2D eigenvalue weighted by Gasteiger charge is -2.07. The number of carbonyl (C=O) groups excluding carboxylic acids is 1. The summed E-state index contributed by atoms with van der Waals surface area (Å²) in [4.78, 5) is 11.7. The second-order valence-corrected chi connectivity index (χ2v) is 4.17. The number of hydrogen-bond acceptors (Lipinski definition) is 4. The van der Waals surface area contributed by atoms with Gasteiger partial charge in [-0.05, 0) is 42.5 Å². The van der Waals surface area contributed by atoms with E-state index in [4.69, 9.17) is 15.3 Å². The fourth-order valence-electron chi connectivity index (χ4n) is 1.64. The standard InChI is InChI=1S/C16H11N3O2/c17-9-12-4-6-15(7-5-12)21-11-16(20)19-14-3-1-2-13(8-14)10-18/h1-8H,11H2,(H,19,20). The molecule has 0 atom stereocenters. The van der Waals surface area contributed by atoms with Gasteiger partial charge in [-0.3, -0.25) is 4.79 Å². The third-order valence-electron chi connectivity index (χ3n) is 2.63. The molecule has 5 heteroatoms. The Morgan fingerprint density at radius 2 is 1.76 bits per heavy atom. The summed E-state index contributed by atoms with van der Waals surface area (Å²) in [6.07, 6.45) is 0. The first-order valence-corrected chi connectivity index (χ1v) is 6.14. The summed E-state index contributed by atoms with van der Waals surface area (Å²) in [7, 11) is 0. The van der Waals surface area contributed by atoms with Crippen LogP contribution in [0.15, 0.2) is 48.5 Å². The molecule has 0 unspecified atom stereocenters. The lowest BCUT2D eigenvalue weighted by atomic mass is 10.2. The van der Waals surface area contributed by atoms with Crippen molar-refractivity contribution >= 4 is 11.6 Å². The maximum absolute atomic E-state index is 11.7. The van der Waals surface area contributed by atoms with Crippen molar-refractivity contribution in [1.29, 1.82) is 10.5 Å². The highest BCUT2D eigenvalue weighted by Gasteiger charge is 2.04. The minimum Gasteiger partial charge on any atom is -0.484 e. The first-order chi connectivity index (χ1) is 10.2. The predicted octanol–water partition coefficient (Wildman–Crippen LogP) is 2.45. The van der Waals surface area contributed by atoms with Gasteiger partial charge in [-0.15, -0.1) is 0 Å². The Balaban J connectivity index is 1.89. The van der Waals surface area contributed by atoms with Crippen LogP contribution in [0.5, 0.6) is 5.75 Å². The Hall–Kier alpha value is -3.31. The third-order valence-corrected chi connectivity index (χ3v) is 2.63. The molecule has 1 N–H and O–H groups in total. The fraction of sp³-hybridized carbons (Fsp3) is 0.0625. The van der Waals surface area contributed by atoms with E-state index in [0.29, 0.717) is 22.6 Å². The molecule has 0 saturated carbocycles. The molecule has 0 spiro atoms. The number of anilines is 1. The van der Waals surface area contributed by atoms with Gasteiger partial charge >= 0.3 is 0 Å². The number of rotatable bonds is 4. The smallest absolute Gasteiger partial charge is 0.262 e. The highest BCUT2D eigenvalue weighted by Crippen LogP contribution is 2.12. The van der Waals surface area contributed by atoms with Gasteiger partial charge in [0.15, 0.2) is 6.61 Å². The Kier molecular flexibility index (Phi) is 4.53. The second kappa shape index (κ2) is 6.74. The summed E-state index contributed by atoms with van der Waals surface area (Å²) in [5.74, 6) is 0.185. The second-order valence-electron chi connectivity index (χ2n) is 4.17. The first-order valence-electron chi connectivity index (χ1n) is 6.14. The summed E-state index contributed by atoms with van der Waals surface area (Å²) in [5.41, 5.74) is 1.54. The van der Waals surface area contributed by atoms with Crippen LogP contribution in [-0.2, 0) is 4.79 Å². The van der Waals surface area contributed by atoms with Crippen molar-refractivity contribution in [2.75, 3.05) is 11.9 Å². The van der Waals surface area contributed by atoms with Crippen molar-refractivity contribution < 1.29 is 9.53 Å². The summed E-state index contributed by atoms with van der Waals surface area (Å²) in [6.45, 7) is -0.150. The molecule has 0 saturated heterocycles. The van der Waals surface area contributed by atoms with Gasteiger partial charge in [-0.1, -0.05) is 6.07 Å². The number of benzene rings is 2. The molecule has 0 radical (unpaired) electrons. The quantitative estimate of drug-likeness (QED) is 0.930. The van der Waals surface area contributed by atoms with E-state index in [1.54, 1.807) is 48.5 Å².